The third-order valence-electron chi connectivity index (χ3n) is 9.51. The van der Waals surface area contributed by atoms with Crippen molar-refractivity contribution in [2.24, 2.45) is 0 Å². The van der Waals surface area contributed by atoms with Crippen LogP contribution in [-0.2, 0) is 10.8 Å². The summed E-state index contributed by atoms with van der Waals surface area (Å²) >= 11 is 1.91. The molecule has 0 atom stereocenters. The van der Waals surface area contributed by atoms with Crippen LogP contribution in [0.15, 0.2) is 137 Å². The topological polar surface area (TPSA) is 3.24 Å². The summed E-state index contributed by atoms with van der Waals surface area (Å²) in [5.74, 6) is 0. The molecule has 1 nitrogen and oxygen atoms in total. The molecule has 0 unspecified atom stereocenters. The van der Waals surface area contributed by atoms with Crippen LogP contribution in [0, 0.1) is 0 Å². The summed E-state index contributed by atoms with van der Waals surface area (Å²) in [5, 5.41) is 2.50. The van der Waals surface area contributed by atoms with Crippen molar-refractivity contribution >= 4 is 39.6 Å². The van der Waals surface area contributed by atoms with Gasteiger partial charge in [0.05, 0.1) is 11.4 Å². The molecule has 6 aromatic carbocycles. The predicted molar refractivity (Wildman–Crippen MR) is 179 cm³/mol. The van der Waals surface area contributed by atoms with E-state index in [0.717, 1.165) is 0 Å². The molecular formula is C40H33NS. The summed E-state index contributed by atoms with van der Waals surface area (Å²) in [6.07, 6.45) is 0. The molecule has 2 aliphatic rings. The van der Waals surface area contributed by atoms with Gasteiger partial charge in [-0.15, -0.1) is 0 Å². The van der Waals surface area contributed by atoms with Gasteiger partial charge >= 0.3 is 0 Å². The SMILES string of the molecule is CC1(C)c2ccccc2-c2ccc(N(c3cccc4c3Sc3ccccc3C4(C)C)c3cccc4ccccc34)cc21. The fourth-order valence-electron chi connectivity index (χ4n) is 7.27. The third-order valence-corrected chi connectivity index (χ3v) is 10.7. The van der Waals surface area contributed by atoms with E-state index in [-0.39, 0.29) is 10.8 Å². The van der Waals surface area contributed by atoms with Gasteiger partial charge in [0, 0.05) is 31.7 Å². The molecule has 0 radical (unpaired) electrons. The molecular weight excluding hydrogens is 527 g/mol. The smallest absolute Gasteiger partial charge is 0.0604 e. The lowest BCUT2D eigenvalue weighted by Gasteiger charge is -2.38. The highest BCUT2D eigenvalue weighted by Gasteiger charge is 2.38. The van der Waals surface area contributed by atoms with Gasteiger partial charge in [0.2, 0.25) is 0 Å². The molecule has 0 aromatic heterocycles. The maximum Gasteiger partial charge on any atom is 0.0604 e. The number of hydrogen-bond acceptors (Lipinski definition) is 2. The van der Waals surface area contributed by atoms with Crippen LogP contribution in [0.5, 0.6) is 0 Å². The fourth-order valence-corrected chi connectivity index (χ4v) is 8.77. The minimum absolute atomic E-state index is 0.0713. The van der Waals surface area contributed by atoms with Gasteiger partial charge in [-0.25, -0.2) is 0 Å². The highest BCUT2D eigenvalue weighted by molar-refractivity contribution is 7.99. The van der Waals surface area contributed by atoms with Crippen LogP contribution < -0.4 is 4.90 Å². The minimum Gasteiger partial charge on any atom is -0.309 e. The minimum atomic E-state index is -0.0980. The van der Waals surface area contributed by atoms with Crippen molar-refractivity contribution < 1.29 is 0 Å². The average Bonchev–Trinajstić information content (AvgIpc) is 3.24. The zero-order valence-electron chi connectivity index (χ0n) is 24.5. The first-order chi connectivity index (χ1) is 20.4. The number of fused-ring (bicyclic) bond motifs is 6. The van der Waals surface area contributed by atoms with E-state index < -0.39 is 0 Å². The van der Waals surface area contributed by atoms with E-state index in [1.165, 1.54) is 71.0 Å². The molecule has 1 aliphatic carbocycles. The summed E-state index contributed by atoms with van der Waals surface area (Å²) in [7, 11) is 0. The first kappa shape index (κ1) is 25.4. The second kappa shape index (κ2) is 9.11. The molecule has 42 heavy (non-hydrogen) atoms. The highest BCUT2D eigenvalue weighted by atomic mass is 32.2. The van der Waals surface area contributed by atoms with Crippen LogP contribution in [0.3, 0.4) is 0 Å². The van der Waals surface area contributed by atoms with Crippen LogP contribution in [0.1, 0.15) is 49.9 Å². The van der Waals surface area contributed by atoms with E-state index in [9.17, 15) is 0 Å². The lowest BCUT2D eigenvalue weighted by Crippen LogP contribution is -2.25. The second-order valence-corrected chi connectivity index (χ2v) is 13.7. The van der Waals surface area contributed by atoms with E-state index in [0.29, 0.717) is 0 Å². The standard InChI is InChI=1S/C40H33NS/c1-39(2)31-17-8-7-16-29(31)30-24-23-27(25-34(30)39)41(35-20-11-14-26-13-5-6-15-28(26)35)36-21-12-19-33-38(36)42-37-22-10-9-18-32(37)40(33,3)4/h5-25H,1-4H3. The Morgan fingerprint density at radius 3 is 2.00 bits per heavy atom. The van der Waals surface area contributed by atoms with Gasteiger partial charge in [-0.3, -0.25) is 0 Å². The summed E-state index contributed by atoms with van der Waals surface area (Å²) in [5.41, 5.74) is 11.7. The van der Waals surface area contributed by atoms with E-state index in [1.807, 2.05) is 11.8 Å². The van der Waals surface area contributed by atoms with Crippen LogP contribution in [0.25, 0.3) is 21.9 Å². The molecule has 2 heteroatoms. The molecule has 1 aliphatic heterocycles. The van der Waals surface area contributed by atoms with Crippen molar-refractivity contribution in [3.63, 3.8) is 0 Å². The average molecular weight is 560 g/mol. The summed E-state index contributed by atoms with van der Waals surface area (Å²) in [6, 6.07) is 47.2. The molecule has 204 valence electrons. The highest BCUT2D eigenvalue weighted by Crippen LogP contribution is 2.56. The Kier molecular flexibility index (Phi) is 5.52. The maximum atomic E-state index is 2.51. The number of benzene rings is 6. The first-order valence-electron chi connectivity index (χ1n) is 14.8. The Labute approximate surface area is 252 Å². The van der Waals surface area contributed by atoms with Gasteiger partial charge in [0.1, 0.15) is 0 Å². The Morgan fingerprint density at radius 2 is 1.12 bits per heavy atom. The van der Waals surface area contributed by atoms with Gasteiger partial charge < -0.3 is 4.90 Å². The second-order valence-electron chi connectivity index (χ2n) is 12.6. The molecule has 0 bridgehead atoms. The molecule has 0 saturated carbocycles. The van der Waals surface area contributed by atoms with Crippen LogP contribution in [0.2, 0.25) is 0 Å². The van der Waals surface area contributed by atoms with Crippen molar-refractivity contribution in [2.45, 2.75) is 48.3 Å². The van der Waals surface area contributed by atoms with E-state index in [1.54, 1.807) is 0 Å². The summed E-state index contributed by atoms with van der Waals surface area (Å²) in [4.78, 5) is 5.18. The number of hydrogen-bond donors (Lipinski definition) is 0. The molecule has 0 fully saturated rings. The van der Waals surface area contributed by atoms with Crippen molar-refractivity contribution in [2.75, 3.05) is 4.90 Å². The molecule has 0 spiro atoms. The lowest BCUT2D eigenvalue weighted by atomic mass is 9.77. The maximum absolute atomic E-state index is 2.51. The van der Waals surface area contributed by atoms with E-state index >= 15 is 0 Å². The molecule has 1 heterocycles. The van der Waals surface area contributed by atoms with E-state index in [4.69, 9.17) is 0 Å². The molecule has 0 saturated heterocycles. The van der Waals surface area contributed by atoms with Crippen LogP contribution >= 0.6 is 11.8 Å². The van der Waals surface area contributed by atoms with Gasteiger partial charge in [-0.1, -0.05) is 137 Å². The zero-order chi connectivity index (χ0) is 28.6. The van der Waals surface area contributed by atoms with Crippen molar-refractivity contribution in [1.29, 1.82) is 0 Å². The Bertz CT molecular complexity index is 2030. The molecule has 0 amide bonds. The van der Waals surface area contributed by atoms with Gasteiger partial charge in [-0.05, 0) is 69.1 Å². The Hall–Kier alpha value is -4.27. The largest absolute Gasteiger partial charge is 0.309 e. The van der Waals surface area contributed by atoms with Gasteiger partial charge in [0.15, 0.2) is 0 Å². The fraction of sp³-hybridized carbons (Fsp3) is 0.150. The normalized spacial score (nSPS) is 15.4. The molecule has 6 aromatic rings. The molecule has 8 rings (SSSR count). The first-order valence-corrected chi connectivity index (χ1v) is 15.6. The van der Waals surface area contributed by atoms with E-state index in [2.05, 4.69) is 160 Å². The third kappa shape index (κ3) is 3.58. The van der Waals surface area contributed by atoms with Crippen molar-refractivity contribution in [3.05, 3.63) is 150 Å². The van der Waals surface area contributed by atoms with Crippen LogP contribution in [-0.4, -0.2) is 0 Å². The number of anilines is 3. The van der Waals surface area contributed by atoms with Crippen LogP contribution in [0.4, 0.5) is 17.1 Å². The Balaban J connectivity index is 1.40. The van der Waals surface area contributed by atoms with Gasteiger partial charge in [-0.2, -0.15) is 0 Å². The number of rotatable bonds is 3. The Morgan fingerprint density at radius 1 is 0.500 bits per heavy atom. The summed E-state index contributed by atoms with van der Waals surface area (Å²) in [6.45, 7) is 9.46. The van der Waals surface area contributed by atoms with Gasteiger partial charge in [0.25, 0.3) is 0 Å². The monoisotopic (exact) mass is 559 g/mol. The van der Waals surface area contributed by atoms with Crippen molar-refractivity contribution in [1.82, 2.24) is 0 Å². The zero-order valence-corrected chi connectivity index (χ0v) is 25.3. The molecule has 0 N–H and O–H groups in total. The lowest BCUT2D eigenvalue weighted by molar-refractivity contribution is 0.607. The van der Waals surface area contributed by atoms with Crippen molar-refractivity contribution in [3.8, 4) is 11.1 Å². The quantitative estimate of drug-likeness (QED) is 0.212. The predicted octanol–water partition coefficient (Wildman–Crippen LogP) is 11.4. The number of nitrogens with zero attached hydrogens (tertiary/aromatic N) is 1. The summed E-state index contributed by atoms with van der Waals surface area (Å²) < 4.78 is 0.